The van der Waals surface area contributed by atoms with Crippen LogP contribution in [-0.4, -0.2) is 15.3 Å². The number of hydrogen-bond donors (Lipinski definition) is 1. The summed E-state index contributed by atoms with van der Waals surface area (Å²) in [5.41, 5.74) is 1.98. The molecule has 0 aliphatic rings. The summed E-state index contributed by atoms with van der Waals surface area (Å²) in [4.78, 5) is 18.0. The molecular weight excluding hydrogens is 356 g/mol. The molecule has 0 radical (unpaired) electrons. The Morgan fingerprint density at radius 2 is 1.77 bits per heavy atom. The van der Waals surface area contributed by atoms with Crippen molar-refractivity contribution in [1.82, 2.24) is 9.38 Å². The van der Waals surface area contributed by atoms with Crippen molar-refractivity contribution in [2.75, 3.05) is 5.32 Å². The summed E-state index contributed by atoms with van der Waals surface area (Å²) in [5, 5.41) is 2.31. The topological polar surface area (TPSA) is 46.4 Å². The first kappa shape index (κ1) is 16.4. The van der Waals surface area contributed by atoms with E-state index < -0.39 is 23.2 Å². The molecule has 0 aliphatic carbocycles. The van der Waals surface area contributed by atoms with Crippen LogP contribution in [0.3, 0.4) is 0 Å². The van der Waals surface area contributed by atoms with E-state index in [2.05, 4.69) is 10.3 Å². The fourth-order valence-electron chi connectivity index (χ4n) is 2.70. The third kappa shape index (κ3) is 2.76. The number of nitrogens with one attached hydrogen (secondary N) is 1. The minimum atomic E-state index is -0.816. The lowest BCUT2D eigenvalue weighted by atomic mass is 10.2. The first-order chi connectivity index (χ1) is 12.5. The van der Waals surface area contributed by atoms with Crippen molar-refractivity contribution < 1.29 is 13.6 Å². The van der Waals surface area contributed by atoms with Gasteiger partial charge in [-0.1, -0.05) is 47.7 Å². The molecule has 0 spiro atoms. The number of amides is 1. The summed E-state index contributed by atoms with van der Waals surface area (Å²) in [7, 11) is 0. The average Bonchev–Trinajstić information content (AvgIpc) is 3.19. The molecule has 0 atom stereocenters. The van der Waals surface area contributed by atoms with Gasteiger partial charge in [-0.15, -0.1) is 0 Å². The number of thiazole rings is 1. The number of nitrogens with zero attached hydrogens (tertiary/aromatic N) is 2. The molecule has 4 rings (SSSR count). The Morgan fingerprint density at radius 3 is 2.42 bits per heavy atom. The number of carbonyl (C=O) groups excluding carboxylic acids is 1. The quantitative estimate of drug-likeness (QED) is 0.558. The smallest absolute Gasteiger partial charge is 0.267 e. The Kier molecular flexibility index (Phi) is 4.00. The van der Waals surface area contributed by atoms with E-state index in [4.69, 9.17) is 0 Å². The molecule has 0 fully saturated rings. The highest BCUT2D eigenvalue weighted by Gasteiger charge is 2.20. The highest BCUT2D eigenvalue weighted by atomic mass is 32.1. The molecule has 0 aliphatic heterocycles. The number of aryl methyl sites for hydroxylation is 1. The van der Waals surface area contributed by atoms with E-state index in [0.717, 1.165) is 23.4 Å². The van der Waals surface area contributed by atoms with Gasteiger partial charge in [-0.25, -0.2) is 13.8 Å². The van der Waals surface area contributed by atoms with Crippen LogP contribution < -0.4 is 5.32 Å². The van der Waals surface area contributed by atoms with E-state index in [9.17, 15) is 13.6 Å². The zero-order valence-corrected chi connectivity index (χ0v) is 14.5. The lowest BCUT2D eigenvalue weighted by molar-refractivity contribution is 0.102. The summed E-state index contributed by atoms with van der Waals surface area (Å²) in [6.07, 6.45) is 1.84. The number of benzene rings is 2. The SMILES string of the molecule is Cc1c(C(=O)Nc2c(F)cccc2F)sc2nc(-c3ccccc3)cn12. The fraction of sp³-hybridized carbons (Fsp3) is 0.0526. The molecule has 1 amide bonds. The van der Waals surface area contributed by atoms with Gasteiger partial charge in [0.05, 0.1) is 5.69 Å². The van der Waals surface area contributed by atoms with Gasteiger partial charge in [0.15, 0.2) is 4.96 Å². The Labute approximate surface area is 151 Å². The van der Waals surface area contributed by atoms with Gasteiger partial charge in [-0.3, -0.25) is 9.20 Å². The van der Waals surface area contributed by atoms with Gasteiger partial charge < -0.3 is 5.32 Å². The minimum Gasteiger partial charge on any atom is -0.316 e. The van der Waals surface area contributed by atoms with E-state index in [1.165, 1.54) is 17.4 Å². The van der Waals surface area contributed by atoms with E-state index >= 15 is 0 Å². The van der Waals surface area contributed by atoms with Crippen molar-refractivity contribution in [1.29, 1.82) is 0 Å². The monoisotopic (exact) mass is 369 g/mol. The number of carbonyl (C=O) groups is 1. The normalized spacial score (nSPS) is 11.0. The number of imidazole rings is 1. The first-order valence-corrected chi connectivity index (χ1v) is 8.65. The van der Waals surface area contributed by atoms with Crippen LogP contribution in [0.5, 0.6) is 0 Å². The maximum absolute atomic E-state index is 13.7. The standard InChI is InChI=1S/C19H13F2N3OS/c1-11-17(18(25)23-16-13(20)8-5-9-14(16)21)26-19-22-15(10-24(11)19)12-6-3-2-4-7-12/h2-10H,1H3,(H,23,25). The van der Waals surface area contributed by atoms with Crippen LogP contribution in [0.4, 0.5) is 14.5 Å². The van der Waals surface area contributed by atoms with Gasteiger partial charge in [0.25, 0.3) is 5.91 Å². The second-order valence-electron chi connectivity index (χ2n) is 5.71. The number of anilines is 1. The highest BCUT2D eigenvalue weighted by Crippen LogP contribution is 2.28. The molecule has 1 N–H and O–H groups in total. The highest BCUT2D eigenvalue weighted by molar-refractivity contribution is 7.19. The molecule has 2 aromatic heterocycles. The zero-order chi connectivity index (χ0) is 18.3. The van der Waals surface area contributed by atoms with Gasteiger partial charge in [0, 0.05) is 17.5 Å². The molecule has 26 heavy (non-hydrogen) atoms. The first-order valence-electron chi connectivity index (χ1n) is 7.84. The minimum absolute atomic E-state index is 0.356. The zero-order valence-electron chi connectivity index (χ0n) is 13.7. The molecule has 4 nitrogen and oxygen atoms in total. The molecule has 130 valence electrons. The second-order valence-corrected chi connectivity index (χ2v) is 6.69. The van der Waals surface area contributed by atoms with Crippen molar-refractivity contribution >= 4 is 27.9 Å². The molecular formula is C19H13F2N3OS. The van der Waals surface area contributed by atoms with E-state index in [0.29, 0.717) is 15.5 Å². The van der Waals surface area contributed by atoms with Crippen LogP contribution in [0.15, 0.2) is 54.7 Å². The number of aromatic nitrogens is 2. The third-order valence-electron chi connectivity index (χ3n) is 4.03. The molecule has 0 unspecified atom stereocenters. The van der Waals surface area contributed by atoms with Crippen LogP contribution in [0.1, 0.15) is 15.4 Å². The van der Waals surface area contributed by atoms with Gasteiger partial charge in [0.1, 0.15) is 22.2 Å². The Morgan fingerprint density at radius 1 is 1.08 bits per heavy atom. The molecule has 2 aromatic carbocycles. The third-order valence-corrected chi connectivity index (χ3v) is 5.19. The van der Waals surface area contributed by atoms with Crippen molar-refractivity contribution in [2.45, 2.75) is 6.92 Å². The van der Waals surface area contributed by atoms with Crippen molar-refractivity contribution in [3.05, 3.63) is 76.9 Å². The summed E-state index contributed by atoms with van der Waals surface area (Å²) >= 11 is 1.17. The van der Waals surface area contributed by atoms with Gasteiger partial charge in [0.2, 0.25) is 0 Å². The Hall–Kier alpha value is -3.06. The maximum atomic E-state index is 13.7. The molecule has 4 aromatic rings. The Balaban J connectivity index is 1.68. The van der Waals surface area contributed by atoms with Crippen LogP contribution in [0.25, 0.3) is 16.2 Å². The van der Waals surface area contributed by atoms with Crippen molar-refractivity contribution in [3.8, 4) is 11.3 Å². The largest absolute Gasteiger partial charge is 0.316 e. The van der Waals surface area contributed by atoms with Crippen LogP contribution in [0.2, 0.25) is 0 Å². The van der Waals surface area contributed by atoms with Gasteiger partial charge in [-0.2, -0.15) is 0 Å². The molecule has 2 heterocycles. The number of fused-ring (bicyclic) bond motifs is 1. The van der Waals surface area contributed by atoms with Gasteiger partial charge >= 0.3 is 0 Å². The fourth-order valence-corrected chi connectivity index (χ4v) is 3.70. The Bertz CT molecular complexity index is 1100. The average molecular weight is 369 g/mol. The molecule has 0 saturated carbocycles. The van der Waals surface area contributed by atoms with E-state index in [-0.39, 0.29) is 0 Å². The number of rotatable bonds is 3. The predicted molar refractivity (Wildman–Crippen MR) is 97.6 cm³/mol. The maximum Gasteiger partial charge on any atom is 0.267 e. The summed E-state index contributed by atoms with van der Waals surface area (Å²) in [6.45, 7) is 1.77. The van der Waals surface area contributed by atoms with Crippen LogP contribution >= 0.6 is 11.3 Å². The summed E-state index contributed by atoms with van der Waals surface area (Å²) < 4.78 is 29.3. The van der Waals surface area contributed by atoms with Crippen molar-refractivity contribution in [3.63, 3.8) is 0 Å². The van der Waals surface area contributed by atoms with Gasteiger partial charge in [-0.05, 0) is 19.1 Å². The predicted octanol–water partition coefficient (Wildman–Crippen LogP) is 4.90. The molecule has 0 bridgehead atoms. The number of para-hydroxylation sites is 1. The molecule has 7 heteroatoms. The van der Waals surface area contributed by atoms with E-state index in [1.807, 2.05) is 36.5 Å². The molecule has 0 saturated heterocycles. The summed E-state index contributed by atoms with van der Waals surface area (Å²) in [6, 6.07) is 13.1. The second kappa shape index (κ2) is 6.34. The lowest BCUT2D eigenvalue weighted by Crippen LogP contribution is -2.14. The number of halogens is 2. The van der Waals surface area contributed by atoms with E-state index in [1.54, 1.807) is 11.3 Å². The van der Waals surface area contributed by atoms with Crippen LogP contribution in [0, 0.1) is 18.6 Å². The van der Waals surface area contributed by atoms with Crippen LogP contribution in [-0.2, 0) is 0 Å². The lowest BCUT2D eigenvalue weighted by Gasteiger charge is -2.06. The van der Waals surface area contributed by atoms with Crippen molar-refractivity contribution in [2.24, 2.45) is 0 Å². The summed E-state index contributed by atoms with van der Waals surface area (Å²) in [5.74, 6) is -2.20. The number of hydrogen-bond acceptors (Lipinski definition) is 3.